The molecule has 1 aromatic carbocycles. The summed E-state index contributed by atoms with van der Waals surface area (Å²) >= 11 is 3.32. The van der Waals surface area contributed by atoms with Crippen molar-refractivity contribution in [3.8, 4) is 5.75 Å². The minimum Gasteiger partial charge on any atom is -0.496 e. The molecule has 0 saturated carbocycles. The molecule has 0 aromatic heterocycles. The van der Waals surface area contributed by atoms with Gasteiger partial charge in [0.05, 0.1) is 7.11 Å². The van der Waals surface area contributed by atoms with E-state index >= 15 is 0 Å². The van der Waals surface area contributed by atoms with E-state index in [-0.39, 0.29) is 6.54 Å². The Labute approximate surface area is 113 Å². The number of methoxy groups -OCH3 is 1. The van der Waals surface area contributed by atoms with Gasteiger partial charge >= 0.3 is 5.97 Å². The zero-order valence-electron chi connectivity index (χ0n) is 9.64. The van der Waals surface area contributed by atoms with Crippen molar-refractivity contribution in [2.45, 2.75) is 6.54 Å². The van der Waals surface area contributed by atoms with Gasteiger partial charge in [-0.25, -0.2) is 4.79 Å². The van der Waals surface area contributed by atoms with Crippen molar-refractivity contribution < 1.29 is 19.4 Å². The summed E-state index contributed by atoms with van der Waals surface area (Å²) < 4.78 is 6.02. The molecule has 0 atom stereocenters. The largest absolute Gasteiger partial charge is 0.496 e. The molecular weight excluding hydrogens is 302 g/mol. The second-order valence-electron chi connectivity index (χ2n) is 3.35. The molecule has 0 heterocycles. The van der Waals surface area contributed by atoms with Crippen molar-refractivity contribution in [3.05, 3.63) is 40.4 Å². The Kier molecular flexibility index (Phi) is 5.38. The van der Waals surface area contributed by atoms with Gasteiger partial charge in [0.1, 0.15) is 5.75 Å². The number of hydrogen-bond acceptors (Lipinski definition) is 3. The molecule has 1 rings (SSSR count). The van der Waals surface area contributed by atoms with Crippen molar-refractivity contribution in [1.29, 1.82) is 0 Å². The third-order valence-corrected chi connectivity index (χ3v) is 2.57. The lowest BCUT2D eigenvalue weighted by molar-refractivity contribution is -0.131. The predicted octanol–water partition coefficient (Wildman–Crippen LogP) is 1.71. The van der Waals surface area contributed by atoms with Gasteiger partial charge in [0.2, 0.25) is 5.91 Å². The maximum absolute atomic E-state index is 11.3. The fourth-order valence-corrected chi connectivity index (χ4v) is 1.68. The number of hydrogen-bond donors (Lipinski definition) is 2. The average molecular weight is 314 g/mol. The predicted molar refractivity (Wildman–Crippen MR) is 69.3 cm³/mol. The highest BCUT2D eigenvalue weighted by atomic mass is 79.9. The Hall–Kier alpha value is -1.82. The van der Waals surface area contributed by atoms with Gasteiger partial charge in [0.25, 0.3) is 0 Å². The van der Waals surface area contributed by atoms with Crippen molar-refractivity contribution >= 4 is 27.8 Å². The molecule has 1 amide bonds. The van der Waals surface area contributed by atoms with E-state index in [1.807, 2.05) is 12.1 Å². The lowest BCUT2D eigenvalue weighted by Gasteiger charge is -2.09. The van der Waals surface area contributed by atoms with Crippen LogP contribution in [0.2, 0.25) is 0 Å². The molecule has 0 unspecified atom stereocenters. The van der Waals surface area contributed by atoms with Crippen LogP contribution in [0.4, 0.5) is 0 Å². The van der Waals surface area contributed by atoms with E-state index in [4.69, 9.17) is 9.84 Å². The first kappa shape index (κ1) is 14.2. The summed E-state index contributed by atoms with van der Waals surface area (Å²) in [5.41, 5.74) is 0.795. The number of rotatable bonds is 5. The number of carboxylic acid groups (broad SMARTS) is 1. The molecule has 96 valence electrons. The summed E-state index contributed by atoms with van der Waals surface area (Å²) in [6.45, 7) is 0.255. The summed E-state index contributed by atoms with van der Waals surface area (Å²) in [5.74, 6) is -0.981. The van der Waals surface area contributed by atoms with Gasteiger partial charge in [-0.15, -0.1) is 0 Å². The molecule has 2 N–H and O–H groups in total. The first-order valence-electron chi connectivity index (χ1n) is 5.04. The molecule has 0 bridgehead atoms. The second-order valence-corrected chi connectivity index (χ2v) is 4.26. The third-order valence-electron chi connectivity index (χ3n) is 2.07. The van der Waals surface area contributed by atoms with Crippen LogP contribution in [0.1, 0.15) is 5.56 Å². The van der Waals surface area contributed by atoms with Gasteiger partial charge in [0, 0.05) is 28.7 Å². The lowest BCUT2D eigenvalue weighted by atomic mass is 10.2. The molecule has 0 aliphatic rings. The first-order valence-corrected chi connectivity index (χ1v) is 5.83. The molecule has 0 aliphatic heterocycles. The van der Waals surface area contributed by atoms with E-state index in [1.165, 1.54) is 0 Å². The van der Waals surface area contributed by atoms with E-state index in [9.17, 15) is 9.59 Å². The number of carbonyl (C=O) groups excluding carboxylic acids is 1. The highest BCUT2D eigenvalue weighted by molar-refractivity contribution is 9.10. The molecule has 18 heavy (non-hydrogen) atoms. The fourth-order valence-electron chi connectivity index (χ4n) is 1.27. The molecule has 1 aromatic rings. The zero-order chi connectivity index (χ0) is 13.5. The van der Waals surface area contributed by atoms with Gasteiger partial charge in [-0.05, 0) is 18.2 Å². The van der Waals surface area contributed by atoms with Crippen LogP contribution >= 0.6 is 15.9 Å². The number of nitrogens with one attached hydrogen (secondary N) is 1. The lowest BCUT2D eigenvalue weighted by Crippen LogP contribution is -2.21. The minimum atomic E-state index is -1.16. The molecule has 5 nitrogen and oxygen atoms in total. The van der Waals surface area contributed by atoms with Gasteiger partial charge in [-0.3, -0.25) is 4.79 Å². The minimum absolute atomic E-state index is 0.255. The molecule has 0 spiro atoms. The van der Waals surface area contributed by atoms with Crippen LogP contribution < -0.4 is 10.1 Å². The van der Waals surface area contributed by atoms with Gasteiger partial charge in [0.15, 0.2) is 0 Å². The Bertz CT molecular complexity index is 485. The summed E-state index contributed by atoms with van der Waals surface area (Å²) in [5, 5.41) is 10.9. The zero-order valence-corrected chi connectivity index (χ0v) is 11.2. The molecule has 0 radical (unpaired) electrons. The van der Waals surface area contributed by atoms with Crippen LogP contribution in [0.25, 0.3) is 0 Å². The summed E-state index contributed by atoms with van der Waals surface area (Å²) in [4.78, 5) is 21.5. The van der Waals surface area contributed by atoms with E-state index in [0.29, 0.717) is 5.75 Å². The Morgan fingerprint density at radius 3 is 2.78 bits per heavy atom. The highest BCUT2D eigenvalue weighted by Gasteiger charge is 2.05. The summed E-state index contributed by atoms with van der Waals surface area (Å²) in [7, 11) is 1.54. The van der Waals surface area contributed by atoms with Crippen molar-refractivity contribution in [2.24, 2.45) is 0 Å². The number of carbonyl (C=O) groups is 2. The van der Waals surface area contributed by atoms with Crippen molar-refractivity contribution in [3.63, 3.8) is 0 Å². The van der Waals surface area contributed by atoms with Crippen LogP contribution in [0.15, 0.2) is 34.8 Å². The van der Waals surface area contributed by atoms with E-state index in [1.54, 1.807) is 13.2 Å². The van der Waals surface area contributed by atoms with Crippen LogP contribution in [-0.2, 0) is 16.1 Å². The van der Waals surface area contributed by atoms with Gasteiger partial charge in [-0.1, -0.05) is 15.9 Å². The number of aliphatic carboxylic acids is 1. The molecule has 0 saturated heterocycles. The van der Waals surface area contributed by atoms with E-state index in [0.717, 1.165) is 22.2 Å². The number of ether oxygens (including phenoxy) is 1. The maximum atomic E-state index is 11.3. The topological polar surface area (TPSA) is 75.6 Å². The monoisotopic (exact) mass is 313 g/mol. The summed E-state index contributed by atoms with van der Waals surface area (Å²) in [6, 6.07) is 5.42. The number of carboxylic acids is 1. The Balaban J connectivity index is 2.65. The normalized spacial score (nSPS) is 10.3. The number of benzene rings is 1. The second kappa shape index (κ2) is 6.80. The van der Waals surface area contributed by atoms with Gasteiger partial charge in [-0.2, -0.15) is 0 Å². The van der Waals surface area contributed by atoms with Crippen molar-refractivity contribution in [1.82, 2.24) is 5.32 Å². The standard InChI is InChI=1S/C12H12BrNO4/c1-18-10-3-2-9(13)6-8(10)7-14-11(15)4-5-12(16)17/h2-6H,7H2,1H3,(H,14,15)(H,16,17)/b5-4+. The average Bonchev–Trinajstić information content (AvgIpc) is 2.34. The van der Waals surface area contributed by atoms with Crippen LogP contribution in [0, 0.1) is 0 Å². The summed E-state index contributed by atoms with van der Waals surface area (Å²) in [6.07, 6.45) is 1.75. The van der Waals surface area contributed by atoms with E-state index < -0.39 is 11.9 Å². The maximum Gasteiger partial charge on any atom is 0.328 e. The van der Waals surface area contributed by atoms with Crippen LogP contribution in [-0.4, -0.2) is 24.1 Å². The highest BCUT2D eigenvalue weighted by Crippen LogP contribution is 2.22. The Morgan fingerprint density at radius 2 is 2.17 bits per heavy atom. The number of amides is 1. The SMILES string of the molecule is COc1ccc(Br)cc1CNC(=O)/C=C/C(=O)O. The third kappa shape index (κ3) is 4.58. The first-order chi connectivity index (χ1) is 8.52. The van der Waals surface area contributed by atoms with Crippen molar-refractivity contribution in [2.75, 3.05) is 7.11 Å². The molecular formula is C12H12BrNO4. The fraction of sp³-hybridized carbons (Fsp3) is 0.167. The van der Waals surface area contributed by atoms with E-state index in [2.05, 4.69) is 21.2 Å². The number of halogens is 1. The molecule has 6 heteroatoms. The molecule has 0 fully saturated rings. The quantitative estimate of drug-likeness (QED) is 0.812. The smallest absolute Gasteiger partial charge is 0.328 e. The van der Waals surface area contributed by atoms with Crippen LogP contribution in [0.5, 0.6) is 5.75 Å². The van der Waals surface area contributed by atoms with Crippen LogP contribution in [0.3, 0.4) is 0 Å². The molecule has 0 aliphatic carbocycles. The Morgan fingerprint density at radius 1 is 1.44 bits per heavy atom. The van der Waals surface area contributed by atoms with Gasteiger partial charge < -0.3 is 15.2 Å².